The van der Waals surface area contributed by atoms with Gasteiger partial charge in [-0.05, 0) is 29.0 Å². The van der Waals surface area contributed by atoms with E-state index in [1.54, 1.807) is 30.1 Å². The van der Waals surface area contributed by atoms with Crippen molar-refractivity contribution in [1.29, 1.82) is 0 Å². The van der Waals surface area contributed by atoms with Crippen LogP contribution in [0.15, 0.2) is 71.5 Å². The minimum absolute atomic E-state index is 0.113. The van der Waals surface area contributed by atoms with Crippen molar-refractivity contribution in [2.75, 3.05) is 7.05 Å². The first-order valence-electron chi connectivity index (χ1n) is 8.34. The molecule has 0 saturated carbocycles. The summed E-state index contributed by atoms with van der Waals surface area (Å²) in [5.74, 6) is 0.349. The molecular formula is C21H17N3O2. The molecule has 1 heterocycles. The highest BCUT2D eigenvalue weighted by Gasteiger charge is 2.16. The number of carbonyl (C=O) groups is 1. The summed E-state index contributed by atoms with van der Waals surface area (Å²) in [7, 11) is 1.71. The van der Waals surface area contributed by atoms with E-state index >= 15 is 0 Å². The topological polar surface area (TPSA) is 66.1 Å². The Kier molecular flexibility index (Phi) is 3.97. The first-order chi connectivity index (χ1) is 12.6. The summed E-state index contributed by atoms with van der Waals surface area (Å²) in [6.45, 7) is 0.224. The Hall–Kier alpha value is -3.47. The fourth-order valence-electron chi connectivity index (χ4n) is 3.12. The molecule has 0 aliphatic carbocycles. The molecule has 1 aromatic heterocycles. The molecule has 0 spiro atoms. The number of nitrogens with zero attached hydrogens (tertiary/aromatic N) is 2. The quantitative estimate of drug-likeness (QED) is 0.620. The van der Waals surface area contributed by atoms with Gasteiger partial charge in [-0.15, -0.1) is 0 Å². The predicted octanol–water partition coefficient (Wildman–Crippen LogP) is 3.35. The number of para-hydroxylation sites is 1. The molecule has 0 fully saturated rings. The van der Waals surface area contributed by atoms with Gasteiger partial charge in [-0.3, -0.25) is 9.59 Å². The van der Waals surface area contributed by atoms with Crippen molar-refractivity contribution < 1.29 is 4.79 Å². The highest BCUT2D eigenvalue weighted by Crippen LogP contribution is 2.20. The molecule has 1 N–H and O–H groups in total. The Labute approximate surface area is 149 Å². The van der Waals surface area contributed by atoms with Gasteiger partial charge in [0.25, 0.3) is 11.5 Å². The van der Waals surface area contributed by atoms with Gasteiger partial charge in [-0.25, -0.2) is 4.98 Å². The average Bonchev–Trinajstić information content (AvgIpc) is 2.67. The molecule has 3 aromatic carbocycles. The Morgan fingerprint density at radius 2 is 1.65 bits per heavy atom. The van der Waals surface area contributed by atoms with Crippen LogP contribution in [0.3, 0.4) is 0 Å². The molecule has 5 heteroatoms. The van der Waals surface area contributed by atoms with Gasteiger partial charge in [0, 0.05) is 12.6 Å². The monoisotopic (exact) mass is 343 g/mol. The van der Waals surface area contributed by atoms with Gasteiger partial charge in [-0.2, -0.15) is 0 Å². The lowest BCUT2D eigenvalue weighted by molar-refractivity contribution is 0.0783. The van der Waals surface area contributed by atoms with Crippen LogP contribution in [0.1, 0.15) is 16.2 Å². The smallest absolute Gasteiger partial charge is 0.258 e. The molecule has 1 amide bonds. The molecule has 0 radical (unpaired) electrons. The first kappa shape index (κ1) is 16.0. The standard InChI is InChI=1S/C21H17N3O2/c1-24(13-19-22-18-12-5-4-10-17(18)20(25)23-19)21(26)16-11-6-8-14-7-2-3-9-15(14)16/h2-12H,13H2,1H3,(H,22,23,25). The average molecular weight is 343 g/mol. The van der Waals surface area contributed by atoms with E-state index in [0.717, 1.165) is 10.8 Å². The lowest BCUT2D eigenvalue weighted by Gasteiger charge is -2.18. The highest BCUT2D eigenvalue weighted by atomic mass is 16.2. The number of carbonyl (C=O) groups excluding carboxylic acids is 1. The largest absolute Gasteiger partial charge is 0.334 e. The minimum Gasteiger partial charge on any atom is -0.334 e. The summed E-state index contributed by atoms with van der Waals surface area (Å²) < 4.78 is 0. The molecule has 0 bridgehead atoms. The van der Waals surface area contributed by atoms with E-state index in [-0.39, 0.29) is 18.0 Å². The summed E-state index contributed by atoms with van der Waals surface area (Å²) in [5, 5.41) is 2.47. The van der Waals surface area contributed by atoms with Crippen LogP contribution in [0.5, 0.6) is 0 Å². The summed E-state index contributed by atoms with van der Waals surface area (Å²) in [6.07, 6.45) is 0. The Morgan fingerprint density at radius 1 is 0.962 bits per heavy atom. The van der Waals surface area contributed by atoms with Gasteiger partial charge in [0.15, 0.2) is 0 Å². The first-order valence-corrected chi connectivity index (χ1v) is 8.34. The summed E-state index contributed by atoms with van der Waals surface area (Å²) >= 11 is 0. The summed E-state index contributed by atoms with van der Waals surface area (Å²) in [5.41, 5.74) is 1.06. The van der Waals surface area contributed by atoms with Crippen LogP contribution in [0, 0.1) is 0 Å². The Bertz CT molecular complexity index is 1180. The molecule has 4 rings (SSSR count). The number of aromatic amines is 1. The zero-order chi connectivity index (χ0) is 18.1. The molecule has 5 nitrogen and oxygen atoms in total. The van der Waals surface area contributed by atoms with Crippen LogP contribution in [-0.4, -0.2) is 27.8 Å². The van der Waals surface area contributed by atoms with Crippen LogP contribution in [0.4, 0.5) is 0 Å². The van der Waals surface area contributed by atoms with Gasteiger partial charge >= 0.3 is 0 Å². The Balaban J connectivity index is 1.67. The molecule has 4 aromatic rings. The Morgan fingerprint density at radius 3 is 2.50 bits per heavy atom. The van der Waals surface area contributed by atoms with E-state index in [0.29, 0.717) is 22.3 Å². The number of aromatic nitrogens is 2. The molecular weight excluding hydrogens is 326 g/mol. The maximum atomic E-state index is 12.9. The van der Waals surface area contributed by atoms with Crippen molar-refractivity contribution in [2.45, 2.75) is 6.54 Å². The second kappa shape index (κ2) is 6.44. The lowest BCUT2D eigenvalue weighted by atomic mass is 10.0. The molecule has 0 unspecified atom stereocenters. The maximum absolute atomic E-state index is 12.9. The molecule has 128 valence electrons. The van der Waals surface area contributed by atoms with Gasteiger partial charge in [-0.1, -0.05) is 48.5 Å². The second-order valence-electron chi connectivity index (χ2n) is 6.22. The number of rotatable bonds is 3. The van der Waals surface area contributed by atoms with Crippen LogP contribution >= 0.6 is 0 Å². The van der Waals surface area contributed by atoms with Crippen molar-refractivity contribution in [1.82, 2.24) is 14.9 Å². The van der Waals surface area contributed by atoms with Gasteiger partial charge < -0.3 is 9.88 Å². The fourth-order valence-corrected chi connectivity index (χ4v) is 3.12. The van der Waals surface area contributed by atoms with E-state index in [4.69, 9.17) is 0 Å². The van der Waals surface area contributed by atoms with E-state index in [1.165, 1.54) is 0 Å². The number of nitrogens with one attached hydrogen (secondary N) is 1. The maximum Gasteiger partial charge on any atom is 0.258 e. The zero-order valence-corrected chi connectivity index (χ0v) is 14.3. The molecule has 0 atom stereocenters. The van der Waals surface area contributed by atoms with E-state index in [9.17, 15) is 9.59 Å². The fraction of sp³-hybridized carbons (Fsp3) is 0.0952. The molecule has 0 aliphatic heterocycles. The van der Waals surface area contributed by atoms with Gasteiger partial charge in [0.1, 0.15) is 5.82 Å². The number of amides is 1. The van der Waals surface area contributed by atoms with Crippen molar-refractivity contribution in [2.24, 2.45) is 0 Å². The highest BCUT2D eigenvalue weighted by molar-refractivity contribution is 6.06. The van der Waals surface area contributed by atoms with Crippen molar-refractivity contribution in [3.63, 3.8) is 0 Å². The molecule has 0 aliphatic rings. The van der Waals surface area contributed by atoms with Crippen molar-refractivity contribution in [3.05, 3.63) is 88.5 Å². The number of H-pyrrole nitrogens is 1. The third-order valence-electron chi connectivity index (χ3n) is 4.42. The third-order valence-corrected chi connectivity index (χ3v) is 4.42. The molecule has 0 saturated heterocycles. The molecule has 26 heavy (non-hydrogen) atoms. The summed E-state index contributed by atoms with van der Waals surface area (Å²) in [4.78, 5) is 33.9. The third kappa shape index (κ3) is 2.84. The lowest BCUT2D eigenvalue weighted by Crippen LogP contribution is -2.28. The van der Waals surface area contributed by atoms with Crippen molar-refractivity contribution >= 4 is 27.6 Å². The van der Waals surface area contributed by atoms with Crippen LogP contribution in [-0.2, 0) is 6.54 Å². The van der Waals surface area contributed by atoms with E-state index in [2.05, 4.69) is 9.97 Å². The van der Waals surface area contributed by atoms with E-state index in [1.807, 2.05) is 48.5 Å². The van der Waals surface area contributed by atoms with Crippen molar-refractivity contribution in [3.8, 4) is 0 Å². The number of hydrogen-bond donors (Lipinski definition) is 1. The minimum atomic E-state index is -0.198. The van der Waals surface area contributed by atoms with Crippen LogP contribution < -0.4 is 5.56 Å². The normalized spacial score (nSPS) is 11.0. The zero-order valence-electron chi connectivity index (χ0n) is 14.3. The number of hydrogen-bond acceptors (Lipinski definition) is 3. The SMILES string of the molecule is CN(Cc1nc2ccccc2c(=O)[nH]1)C(=O)c1cccc2ccccc12. The van der Waals surface area contributed by atoms with Gasteiger partial charge in [0.2, 0.25) is 0 Å². The van der Waals surface area contributed by atoms with Crippen LogP contribution in [0.2, 0.25) is 0 Å². The predicted molar refractivity (Wildman–Crippen MR) is 102 cm³/mol. The van der Waals surface area contributed by atoms with Gasteiger partial charge in [0.05, 0.1) is 17.4 Å². The summed E-state index contributed by atoms with van der Waals surface area (Å²) in [6, 6.07) is 20.6. The van der Waals surface area contributed by atoms with Crippen LogP contribution in [0.25, 0.3) is 21.7 Å². The number of benzene rings is 3. The number of fused-ring (bicyclic) bond motifs is 2. The second-order valence-corrected chi connectivity index (χ2v) is 6.22. The van der Waals surface area contributed by atoms with E-state index < -0.39 is 0 Å².